The van der Waals surface area contributed by atoms with E-state index in [1.807, 2.05) is 70.2 Å². The van der Waals surface area contributed by atoms with E-state index in [-0.39, 0.29) is 17.9 Å². The average molecular weight is 425 g/mol. The number of rotatable bonds is 11. The van der Waals surface area contributed by atoms with Crippen molar-refractivity contribution in [3.05, 3.63) is 65.2 Å². The third kappa shape index (κ3) is 8.08. The van der Waals surface area contributed by atoms with Crippen LogP contribution in [0.15, 0.2) is 48.5 Å². The Hall–Kier alpha value is -2.82. The van der Waals surface area contributed by atoms with Crippen molar-refractivity contribution in [1.82, 2.24) is 10.2 Å². The lowest BCUT2D eigenvalue weighted by atomic mass is 10.1. The topological polar surface area (TPSA) is 58.6 Å². The molecule has 0 saturated heterocycles. The van der Waals surface area contributed by atoms with E-state index in [0.29, 0.717) is 26.0 Å². The molecule has 0 spiro atoms. The number of hydrogen-bond donors (Lipinski definition) is 1. The Morgan fingerprint density at radius 2 is 1.74 bits per heavy atom. The van der Waals surface area contributed by atoms with E-state index >= 15 is 0 Å². The van der Waals surface area contributed by atoms with Crippen LogP contribution in [0.4, 0.5) is 0 Å². The monoisotopic (exact) mass is 424 g/mol. The first-order chi connectivity index (χ1) is 14.8. The molecule has 2 aromatic carbocycles. The summed E-state index contributed by atoms with van der Waals surface area (Å²) in [5.74, 6) is 0.642. The number of carbonyl (C=O) groups excluding carboxylic acids is 2. The highest BCUT2D eigenvalue weighted by Crippen LogP contribution is 2.15. The van der Waals surface area contributed by atoms with E-state index in [0.717, 1.165) is 23.3 Å². The Labute approximate surface area is 186 Å². The van der Waals surface area contributed by atoms with Crippen LogP contribution in [0.2, 0.25) is 0 Å². The number of carbonyl (C=O) groups is 2. The van der Waals surface area contributed by atoms with E-state index in [1.54, 1.807) is 11.8 Å². The number of nitrogens with one attached hydrogen (secondary N) is 1. The fraction of sp³-hybridized carbons (Fsp3) is 0.462. The number of hydrogen-bond acceptors (Lipinski definition) is 3. The predicted molar refractivity (Wildman–Crippen MR) is 125 cm³/mol. The van der Waals surface area contributed by atoms with Crippen molar-refractivity contribution in [3.63, 3.8) is 0 Å². The summed E-state index contributed by atoms with van der Waals surface area (Å²) in [5.41, 5.74) is 3.33. The van der Waals surface area contributed by atoms with Gasteiger partial charge in [-0.15, -0.1) is 0 Å². The zero-order valence-electron chi connectivity index (χ0n) is 19.5. The lowest BCUT2D eigenvalue weighted by Crippen LogP contribution is -2.49. The SMILES string of the molecule is CC[C@H](C)NC(=O)[C@@H](C)N(Cc1cccc(C)c1)C(=O)CCCOc1ccc(C)cc1. The molecule has 0 radical (unpaired) electrons. The summed E-state index contributed by atoms with van der Waals surface area (Å²) in [5, 5.41) is 3.00. The Kier molecular flexibility index (Phi) is 9.57. The molecule has 2 atom stereocenters. The van der Waals surface area contributed by atoms with Gasteiger partial charge in [-0.3, -0.25) is 9.59 Å². The number of benzene rings is 2. The molecule has 2 rings (SSSR count). The van der Waals surface area contributed by atoms with Gasteiger partial charge in [0.15, 0.2) is 0 Å². The first kappa shape index (κ1) is 24.4. The molecule has 0 bridgehead atoms. The number of amides is 2. The van der Waals surface area contributed by atoms with E-state index in [4.69, 9.17) is 4.74 Å². The Balaban J connectivity index is 2.00. The van der Waals surface area contributed by atoms with Gasteiger partial charge in [-0.25, -0.2) is 0 Å². The fourth-order valence-electron chi connectivity index (χ4n) is 3.25. The molecule has 1 N–H and O–H groups in total. The van der Waals surface area contributed by atoms with Crippen LogP contribution in [0.1, 0.15) is 56.7 Å². The first-order valence-electron chi connectivity index (χ1n) is 11.1. The molecular formula is C26H36N2O3. The molecule has 2 aromatic rings. The Morgan fingerprint density at radius 3 is 2.39 bits per heavy atom. The summed E-state index contributed by atoms with van der Waals surface area (Å²) < 4.78 is 5.75. The van der Waals surface area contributed by atoms with E-state index in [1.165, 1.54) is 5.56 Å². The maximum Gasteiger partial charge on any atom is 0.242 e. The van der Waals surface area contributed by atoms with Gasteiger partial charge >= 0.3 is 0 Å². The average Bonchev–Trinajstić information content (AvgIpc) is 2.75. The second-order valence-electron chi connectivity index (χ2n) is 8.27. The van der Waals surface area contributed by atoms with Crippen LogP contribution < -0.4 is 10.1 Å². The lowest BCUT2D eigenvalue weighted by molar-refractivity contribution is -0.141. The van der Waals surface area contributed by atoms with Crippen LogP contribution in [-0.2, 0) is 16.1 Å². The summed E-state index contributed by atoms with van der Waals surface area (Å²) in [7, 11) is 0. The molecule has 0 aromatic heterocycles. The quantitative estimate of drug-likeness (QED) is 0.528. The van der Waals surface area contributed by atoms with Crippen molar-refractivity contribution in [2.45, 2.75) is 72.5 Å². The zero-order chi connectivity index (χ0) is 22.8. The van der Waals surface area contributed by atoms with Crippen molar-refractivity contribution in [2.75, 3.05) is 6.61 Å². The van der Waals surface area contributed by atoms with Crippen molar-refractivity contribution in [3.8, 4) is 5.75 Å². The van der Waals surface area contributed by atoms with Crippen molar-refractivity contribution in [2.24, 2.45) is 0 Å². The van der Waals surface area contributed by atoms with Crippen LogP contribution in [0.25, 0.3) is 0 Å². The molecule has 0 aliphatic heterocycles. The van der Waals surface area contributed by atoms with Crippen LogP contribution >= 0.6 is 0 Å². The highest BCUT2D eigenvalue weighted by atomic mass is 16.5. The van der Waals surface area contributed by atoms with Crippen molar-refractivity contribution >= 4 is 11.8 Å². The van der Waals surface area contributed by atoms with Gasteiger partial charge in [0, 0.05) is 19.0 Å². The molecule has 0 saturated carbocycles. The molecule has 5 nitrogen and oxygen atoms in total. The Morgan fingerprint density at radius 1 is 1.03 bits per heavy atom. The molecule has 5 heteroatoms. The fourth-order valence-corrected chi connectivity index (χ4v) is 3.25. The molecular weight excluding hydrogens is 388 g/mol. The summed E-state index contributed by atoms with van der Waals surface area (Å²) in [6.07, 6.45) is 1.77. The maximum absolute atomic E-state index is 13.1. The largest absolute Gasteiger partial charge is 0.494 e. The number of aryl methyl sites for hydroxylation is 2. The van der Waals surface area contributed by atoms with Gasteiger partial charge in [0.05, 0.1) is 6.61 Å². The maximum atomic E-state index is 13.1. The summed E-state index contributed by atoms with van der Waals surface area (Å²) in [4.78, 5) is 27.5. The third-order valence-corrected chi connectivity index (χ3v) is 5.43. The van der Waals surface area contributed by atoms with Crippen LogP contribution in [-0.4, -0.2) is 35.4 Å². The molecule has 0 fully saturated rings. The second kappa shape index (κ2) is 12.1. The van der Waals surface area contributed by atoms with Gasteiger partial charge in [0.1, 0.15) is 11.8 Å². The molecule has 2 amide bonds. The first-order valence-corrected chi connectivity index (χ1v) is 11.1. The molecule has 168 valence electrons. The smallest absolute Gasteiger partial charge is 0.242 e. The summed E-state index contributed by atoms with van der Waals surface area (Å²) in [6, 6.07) is 15.5. The number of ether oxygens (including phenoxy) is 1. The minimum atomic E-state index is -0.542. The van der Waals surface area contributed by atoms with Crippen molar-refractivity contribution in [1.29, 1.82) is 0 Å². The van der Waals surface area contributed by atoms with Gasteiger partial charge in [-0.05, 0) is 58.2 Å². The highest BCUT2D eigenvalue weighted by molar-refractivity contribution is 5.87. The van der Waals surface area contributed by atoms with Gasteiger partial charge in [-0.2, -0.15) is 0 Å². The molecule has 31 heavy (non-hydrogen) atoms. The van der Waals surface area contributed by atoms with Crippen LogP contribution in [0.3, 0.4) is 0 Å². The van der Waals surface area contributed by atoms with Crippen LogP contribution in [0.5, 0.6) is 5.75 Å². The minimum Gasteiger partial charge on any atom is -0.494 e. The van der Waals surface area contributed by atoms with E-state index in [9.17, 15) is 9.59 Å². The second-order valence-corrected chi connectivity index (χ2v) is 8.27. The van der Waals surface area contributed by atoms with Gasteiger partial charge in [0.2, 0.25) is 11.8 Å². The molecule has 0 heterocycles. The summed E-state index contributed by atoms with van der Waals surface area (Å²) >= 11 is 0. The van der Waals surface area contributed by atoms with Gasteiger partial charge < -0.3 is 15.0 Å². The third-order valence-electron chi connectivity index (χ3n) is 5.43. The number of nitrogens with zero attached hydrogens (tertiary/aromatic N) is 1. The normalized spacial score (nSPS) is 12.7. The van der Waals surface area contributed by atoms with Crippen molar-refractivity contribution < 1.29 is 14.3 Å². The molecule has 0 aliphatic carbocycles. The van der Waals surface area contributed by atoms with Crippen LogP contribution in [0, 0.1) is 13.8 Å². The van der Waals surface area contributed by atoms with E-state index < -0.39 is 6.04 Å². The Bertz CT molecular complexity index is 848. The molecule has 0 unspecified atom stereocenters. The summed E-state index contributed by atoms with van der Waals surface area (Å²) in [6.45, 7) is 10.7. The highest BCUT2D eigenvalue weighted by Gasteiger charge is 2.26. The standard InChI is InChI=1S/C26H36N2O3/c1-6-21(4)27-26(30)22(5)28(18-23-10-7-9-20(3)17-23)25(29)11-8-16-31-24-14-12-19(2)13-15-24/h7,9-10,12-15,17,21-22H,6,8,11,16,18H2,1-5H3,(H,27,30)/t21-,22+/m0/s1. The zero-order valence-corrected chi connectivity index (χ0v) is 19.5. The van der Waals surface area contributed by atoms with Gasteiger partial charge in [0.25, 0.3) is 0 Å². The lowest BCUT2D eigenvalue weighted by Gasteiger charge is -2.30. The minimum absolute atomic E-state index is 0.0409. The van der Waals surface area contributed by atoms with E-state index in [2.05, 4.69) is 11.4 Å². The van der Waals surface area contributed by atoms with Gasteiger partial charge in [-0.1, -0.05) is 54.4 Å². The molecule has 0 aliphatic rings. The predicted octanol–water partition coefficient (Wildman–Crippen LogP) is 4.79.